The van der Waals surface area contributed by atoms with Gasteiger partial charge in [0.25, 0.3) is 0 Å². The van der Waals surface area contributed by atoms with Crippen molar-refractivity contribution in [1.29, 1.82) is 0 Å². The second kappa shape index (κ2) is 6.90. The number of ether oxygens (including phenoxy) is 1. The summed E-state index contributed by atoms with van der Waals surface area (Å²) in [6.45, 7) is 6.33. The Morgan fingerprint density at radius 2 is 2.20 bits per heavy atom. The summed E-state index contributed by atoms with van der Waals surface area (Å²) in [5, 5.41) is 0.949. The van der Waals surface area contributed by atoms with Gasteiger partial charge in [-0.05, 0) is 38.5 Å². The summed E-state index contributed by atoms with van der Waals surface area (Å²) in [7, 11) is 0. The first-order valence-corrected chi connectivity index (χ1v) is 7.59. The molecule has 20 heavy (non-hydrogen) atoms. The lowest BCUT2D eigenvalue weighted by atomic mass is 10.0. The van der Waals surface area contributed by atoms with Crippen LogP contribution in [0.4, 0.5) is 0 Å². The Kier molecular flexibility index (Phi) is 5.44. The molecule has 1 aliphatic rings. The molecule has 0 aliphatic carbocycles. The molecule has 2 atom stereocenters. The minimum Gasteiger partial charge on any atom is -0.377 e. The molecular formula is C15H19Cl2NO2. The third kappa shape index (κ3) is 3.73. The molecule has 0 saturated carbocycles. The average molecular weight is 316 g/mol. The molecule has 1 aromatic carbocycles. The topological polar surface area (TPSA) is 29.5 Å². The molecule has 3 nitrogen and oxygen atoms in total. The molecule has 1 aromatic rings. The van der Waals surface area contributed by atoms with E-state index in [-0.39, 0.29) is 17.9 Å². The van der Waals surface area contributed by atoms with Gasteiger partial charge in [0.05, 0.1) is 17.2 Å². The third-order valence-electron chi connectivity index (χ3n) is 3.61. The average Bonchev–Trinajstić information content (AvgIpc) is 2.62. The summed E-state index contributed by atoms with van der Waals surface area (Å²) >= 11 is 12.0. The van der Waals surface area contributed by atoms with Crippen LogP contribution in [0.25, 0.3) is 0 Å². The van der Waals surface area contributed by atoms with Crippen molar-refractivity contribution in [2.75, 3.05) is 19.7 Å². The van der Waals surface area contributed by atoms with E-state index in [1.807, 2.05) is 13.8 Å². The molecule has 1 heterocycles. The van der Waals surface area contributed by atoms with Crippen LogP contribution in [-0.2, 0) is 4.74 Å². The fraction of sp³-hybridized carbons (Fsp3) is 0.533. The molecule has 2 unspecified atom stereocenters. The van der Waals surface area contributed by atoms with Crippen molar-refractivity contribution in [2.45, 2.75) is 32.4 Å². The van der Waals surface area contributed by atoms with E-state index in [4.69, 9.17) is 27.9 Å². The monoisotopic (exact) mass is 315 g/mol. The number of nitrogens with zero attached hydrogens (tertiary/aromatic N) is 1. The van der Waals surface area contributed by atoms with Crippen LogP contribution in [0, 0.1) is 0 Å². The van der Waals surface area contributed by atoms with Gasteiger partial charge < -0.3 is 4.74 Å². The maximum Gasteiger partial charge on any atom is 0.181 e. The van der Waals surface area contributed by atoms with Gasteiger partial charge in [-0.25, -0.2) is 0 Å². The van der Waals surface area contributed by atoms with E-state index in [0.29, 0.717) is 15.6 Å². The van der Waals surface area contributed by atoms with E-state index in [2.05, 4.69) is 4.90 Å². The minimum atomic E-state index is -0.210. The maximum absolute atomic E-state index is 12.6. The Bertz CT molecular complexity index is 493. The Hall–Kier alpha value is -0.610. The first-order valence-electron chi connectivity index (χ1n) is 6.84. The lowest BCUT2D eigenvalue weighted by Gasteiger charge is -2.27. The minimum absolute atomic E-state index is 0.0285. The molecule has 0 bridgehead atoms. The number of Topliss-reactive ketones (excluding diaryl/α,β-unsaturated/α-hetero) is 1. The lowest BCUT2D eigenvalue weighted by molar-refractivity contribution is 0.0581. The Morgan fingerprint density at radius 1 is 1.45 bits per heavy atom. The normalized spacial score (nSPS) is 22.3. The molecule has 1 aliphatic heterocycles. The fourth-order valence-electron chi connectivity index (χ4n) is 2.46. The highest BCUT2D eigenvalue weighted by Gasteiger charge is 2.26. The summed E-state index contributed by atoms with van der Waals surface area (Å²) in [6, 6.07) is 4.79. The van der Waals surface area contributed by atoms with Crippen LogP contribution in [0.5, 0.6) is 0 Å². The van der Waals surface area contributed by atoms with Gasteiger partial charge in [-0.3, -0.25) is 9.69 Å². The van der Waals surface area contributed by atoms with Gasteiger partial charge in [-0.1, -0.05) is 23.2 Å². The molecule has 2 rings (SSSR count). The fourth-order valence-corrected chi connectivity index (χ4v) is 2.96. The highest BCUT2D eigenvalue weighted by atomic mass is 35.5. The zero-order valence-electron chi connectivity index (χ0n) is 11.7. The van der Waals surface area contributed by atoms with Crippen molar-refractivity contribution in [3.8, 4) is 0 Å². The molecule has 110 valence electrons. The number of ketones is 1. The predicted molar refractivity (Wildman–Crippen MR) is 81.9 cm³/mol. The molecule has 0 amide bonds. The van der Waals surface area contributed by atoms with Crippen LogP contribution in [0.3, 0.4) is 0 Å². The molecular weight excluding hydrogens is 297 g/mol. The van der Waals surface area contributed by atoms with Crippen LogP contribution in [0.15, 0.2) is 18.2 Å². The summed E-state index contributed by atoms with van der Waals surface area (Å²) < 4.78 is 5.61. The molecule has 0 N–H and O–H groups in total. The van der Waals surface area contributed by atoms with Crippen molar-refractivity contribution >= 4 is 29.0 Å². The SMILES string of the molecule is CC1CN(C(C)C(=O)c2ccc(Cl)cc2Cl)CCCO1. The van der Waals surface area contributed by atoms with Crippen molar-refractivity contribution in [3.63, 3.8) is 0 Å². The predicted octanol–water partition coefficient (Wildman–Crippen LogP) is 3.68. The van der Waals surface area contributed by atoms with E-state index >= 15 is 0 Å². The van der Waals surface area contributed by atoms with Crippen LogP contribution >= 0.6 is 23.2 Å². The van der Waals surface area contributed by atoms with E-state index in [1.165, 1.54) is 0 Å². The quantitative estimate of drug-likeness (QED) is 0.797. The highest BCUT2D eigenvalue weighted by Crippen LogP contribution is 2.23. The van der Waals surface area contributed by atoms with Gasteiger partial charge >= 0.3 is 0 Å². The zero-order valence-corrected chi connectivity index (χ0v) is 13.2. The zero-order chi connectivity index (χ0) is 14.7. The lowest BCUT2D eigenvalue weighted by Crippen LogP contribution is -2.42. The summed E-state index contributed by atoms with van der Waals surface area (Å²) in [5.74, 6) is 0.0285. The van der Waals surface area contributed by atoms with Gasteiger partial charge in [-0.2, -0.15) is 0 Å². The van der Waals surface area contributed by atoms with Gasteiger partial charge in [0.1, 0.15) is 0 Å². The van der Waals surface area contributed by atoms with E-state index in [1.54, 1.807) is 18.2 Å². The third-order valence-corrected chi connectivity index (χ3v) is 4.16. The summed E-state index contributed by atoms with van der Waals surface area (Å²) in [6.07, 6.45) is 1.09. The molecule has 0 aromatic heterocycles. The number of halogens is 2. The molecule has 1 fully saturated rings. The van der Waals surface area contributed by atoms with E-state index in [0.717, 1.165) is 26.1 Å². The summed E-state index contributed by atoms with van der Waals surface area (Å²) in [4.78, 5) is 14.7. The molecule has 1 saturated heterocycles. The standard InChI is InChI=1S/C15H19Cl2NO2/c1-10-9-18(6-3-7-20-10)11(2)15(19)13-5-4-12(16)8-14(13)17/h4-5,8,10-11H,3,6-7,9H2,1-2H3. The Balaban J connectivity index is 2.14. The number of carbonyl (C=O) groups excluding carboxylic acids is 1. The van der Waals surface area contributed by atoms with Crippen LogP contribution in [0.2, 0.25) is 10.0 Å². The van der Waals surface area contributed by atoms with Gasteiger partial charge in [0.2, 0.25) is 0 Å². The molecule has 0 spiro atoms. The van der Waals surface area contributed by atoms with Crippen molar-refractivity contribution in [2.24, 2.45) is 0 Å². The van der Waals surface area contributed by atoms with Crippen molar-refractivity contribution in [1.82, 2.24) is 4.90 Å². The first-order chi connectivity index (χ1) is 9.49. The number of hydrogen-bond donors (Lipinski definition) is 0. The van der Waals surface area contributed by atoms with E-state index < -0.39 is 0 Å². The second-order valence-corrected chi connectivity index (χ2v) is 6.04. The van der Waals surface area contributed by atoms with Crippen LogP contribution < -0.4 is 0 Å². The molecule has 0 radical (unpaired) electrons. The van der Waals surface area contributed by atoms with Crippen molar-refractivity contribution < 1.29 is 9.53 Å². The number of rotatable bonds is 3. The Morgan fingerprint density at radius 3 is 2.90 bits per heavy atom. The van der Waals surface area contributed by atoms with Crippen LogP contribution in [0.1, 0.15) is 30.6 Å². The largest absolute Gasteiger partial charge is 0.377 e. The van der Waals surface area contributed by atoms with Crippen molar-refractivity contribution in [3.05, 3.63) is 33.8 Å². The first kappa shape index (κ1) is 15.8. The number of benzene rings is 1. The number of hydrogen-bond acceptors (Lipinski definition) is 3. The smallest absolute Gasteiger partial charge is 0.181 e. The van der Waals surface area contributed by atoms with E-state index in [9.17, 15) is 4.79 Å². The van der Waals surface area contributed by atoms with Crippen LogP contribution in [-0.4, -0.2) is 42.5 Å². The second-order valence-electron chi connectivity index (χ2n) is 5.19. The number of carbonyl (C=O) groups is 1. The molecule has 5 heteroatoms. The Labute approximate surface area is 129 Å². The van der Waals surface area contributed by atoms with Gasteiger partial charge in [0, 0.05) is 30.3 Å². The maximum atomic E-state index is 12.6. The van der Waals surface area contributed by atoms with Gasteiger partial charge in [0.15, 0.2) is 5.78 Å². The summed E-state index contributed by atoms with van der Waals surface area (Å²) in [5.41, 5.74) is 0.529. The van der Waals surface area contributed by atoms with Gasteiger partial charge in [-0.15, -0.1) is 0 Å². The highest BCUT2D eigenvalue weighted by molar-refractivity contribution is 6.37.